The number of hydrogen-bond donors (Lipinski definition) is 1. The molecule has 0 saturated heterocycles. The van der Waals surface area contributed by atoms with Gasteiger partial charge in [-0.05, 0) is 54.3 Å². The topological polar surface area (TPSA) is 79.9 Å². The van der Waals surface area contributed by atoms with E-state index < -0.39 is 0 Å². The third kappa shape index (κ3) is 4.34. The highest BCUT2D eigenvalue weighted by Crippen LogP contribution is 2.29. The number of hydrogen-bond acceptors (Lipinski definition) is 6. The Labute approximate surface area is 178 Å². The van der Waals surface area contributed by atoms with Crippen molar-refractivity contribution in [1.29, 1.82) is 5.26 Å². The molecule has 0 atom stereocenters. The first-order valence-corrected chi connectivity index (χ1v) is 10.4. The zero-order chi connectivity index (χ0) is 20.9. The number of nitriles is 1. The Bertz CT molecular complexity index is 1220. The number of nitrogens with one attached hydrogen (secondary N) is 1. The van der Waals surface area contributed by atoms with Gasteiger partial charge in [0.1, 0.15) is 4.88 Å². The lowest BCUT2D eigenvalue weighted by Crippen LogP contribution is -2.08. The first-order chi connectivity index (χ1) is 14.7. The molecule has 4 rings (SSSR count). The van der Waals surface area contributed by atoms with Gasteiger partial charge in [-0.25, -0.2) is 9.78 Å². The fourth-order valence-electron chi connectivity index (χ4n) is 3.17. The highest BCUT2D eigenvalue weighted by atomic mass is 32.1. The number of nitrogens with zero attached hydrogens (tertiary/aromatic N) is 3. The van der Waals surface area contributed by atoms with Gasteiger partial charge < -0.3 is 14.6 Å². The smallest absolute Gasteiger partial charge is 0.348 e. The van der Waals surface area contributed by atoms with E-state index in [0.29, 0.717) is 30.1 Å². The first kappa shape index (κ1) is 19.7. The number of carbonyl (C=O) groups excluding carboxylic acids is 1. The maximum atomic E-state index is 12.0. The number of thiophene rings is 1. The lowest BCUT2D eigenvalue weighted by molar-refractivity contribution is 0.0532. The number of rotatable bonds is 7. The Hall–Kier alpha value is -3.63. The maximum absolute atomic E-state index is 12.0. The average Bonchev–Trinajstić information content (AvgIpc) is 3.39. The van der Waals surface area contributed by atoms with E-state index in [1.54, 1.807) is 6.92 Å². The summed E-state index contributed by atoms with van der Waals surface area (Å²) >= 11 is 1.44. The predicted molar refractivity (Wildman–Crippen MR) is 118 cm³/mol. The monoisotopic (exact) mass is 416 g/mol. The van der Waals surface area contributed by atoms with Gasteiger partial charge in [-0.15, -0.1) is 11.3 Å². The van der Waals surface area contributed by atoms with Crippen molar-refractivity contribution in [2.45, 2.75) is 20.0 Å². The number of fused-ring (bicyclic) bond motifs is 1. The van der Waals surface area contributed by atoms with Crippen molar-refractivity contribution in [2.75, 3.05) is 11.9 Å². The van der Waals surface area contributed by atoms with Gasteiger partial charge in [0.15, 0.2) is 0 Å². The van der Waals surface area contributed by atoms with Crippen LogP contribution in [-0.4, -0.2) is 22.1 Å². The summed E-state index contributed by atoms with van der Waals surface area (Å²) in [7, 11) is 0. The summed E-state index contributed by atoms with van der Waals surface area (Å²) in [5, 5.41) is 13.4. The number of benzene rings is 2. The zero-order valence-electron chi connectivity index (χ0n) is 16.5. The minimum atomic E-state index is -0.278. The molecule has 0 aliphatic carbocycles. The Morgan fingerprint density at radius 2 is 2.07 bits per heavy atom. The lowest BCUT2D eigenvalue weighted by atomic mass is 10.1. The molecule has 150 valence electrons. The van der Waals surface area contributed by atoms with Gasteiger partial charge in [-0.3, -0.25) is 0 Å². The second kappa shape index (κ2) is 8.80. The molecule has 0 radical (unpaired) electrons. The number of anilines is 1. The Balaban J connectivity index is 1.44. The molecule has 7 heteroatoms. The van der Waals surface area contributed by atoms with Crippen LogP contribution in [0.1, 0.15) is 33.4 Å². The van der Waals surface area contributed by atoms with Gasteiger partial charge in [0.05, 0.1) is 36.8 Å². The van der Waals surface area contributed by atoms with Gasteiger partial charge in [0.2, 0.25) is 0 Å². The maximum Gasteiger partial charge on any atom is 0.348 e. The summed E-state index contributed by atoms with van der Waals surface area (Å²) < 4.78 is 8.22. The third-order valence-electron chi connectivity index (χ3n) is 4.70. The summed E-state index contributed by atoms with van der Waals surface area (Å²) in [5.74, 6) is -0.278. The van der Waals surface area contributed by atoms with Crippen LogP contribution in [0.3, 0.4) is 0 Å². The lowest BCUT2D eigenvalue weighted by Gasteiger charge is -2.10. The Morgan fingerprint density at radius 3 is 2.83 bits per heavy atom. The summed E-state index contributed by atoms with van der Waals surface area (Å²) in [4.78, 5) is 16.8. The fraction of sp³-hybridized carbons (Fsp3) is 0.174. The molecule has 0 fully saturated rings. The van der Waals surface area contributed by atoms with Crippen molar-refractivity contribution in [3.63, 3.8) is 0 Å². The summed E-state index contributed by atoms with van der Waals surface area (Å²) in [6.45, 7) is 3.49. The molecule has 30 heavy (non-hydrogen) atoms. The van der Waals surface area contributed by atoms with Crippen LogP contribution in [0.4, 0.5) is 5.69 Å². The third-order valence-corrected chi connectivity index (χ3v) is 5.80. The highest BCUT2D eigenvalue weighted by Gasteiger charge is 2.11. The van der Waals surface area contributed by atoms with Crippen LogP contribution in [0.2, 0.25) is 0 Å². The minimum absolute atomic E-state index is 0.278. The van der Waals surface area contributed by atoms with E-state index in [9.17, 15) is 4.79 Å². The molecular formula is C23H20N4O2S. The van der Waals surface area contributed by atoms with Crippen LogP contribution in [0.25, 0.3) is 10.1 Å². The van der Waals surface area contributed by atoms with Gasteiger partial charge in [-0.2, -0.15) is 5.26 Å². The number of aromatic nitrogens is 2. The summed E-state index contributed by atoms with van der Waals surface area (Å²) in [5.41, 5.74) is 3.79. The molecule has 2 heterocycles. The van der Waals surface area contributed by atoms with Crippen LogP contribution in [0.5, 0.6) is 0 Å². The molecule has 0 aliphatic rings. The van der Waals surface area contributed by atoms with Crippen molar-refractivity contribution in [2.24, 2.45) is 0 Å². The van der Waals surface area contributed by atoms with Gasteiger partial charge in [0, 0.05) is 23.1 Å². The zero-order valence-corrected chi connectivity index (χ0v) is 17.3. The molecule has 2 aromatic carbocycles. The summed E-state index contributed by atoms with van der Waals surface area (Å²) in [6, 6.07) is 17.6. The molecule has 4 aromatic rings. The van der Waals surface area contributed by atoms with Crippen molar-refractivity contribution < 1.29 is 9.53 Å². The predicted octanol–water partition coefficient (Wildman–Crippen LogP) is 4.81. The Morgan fingerprint density at radius 1 is 1.23 bits per heavy atom. The van der Waals surface area contributed by atoms with Crippen molar-refractivity contribution in [1.82, 2.24) is 9.55 Å². The fourth-order valence-corrected chi connectivity index (χ4v) is 4.10. The van der Waals surface area contributed by atoms with E-state index >= 15 is 0 Å². The average molecular weight is 417 g/mol. The molecule has 0 unspecified atom stereocenters. The molecule has 6 nitrogen and oxygen atoms in total. The molecule has 1 N–H and O–H groups in total. The van der Waals surface area contributed by atoms with Crippen LogP contribution in [0, 0.1) is 11.3 Å². The number of imidazole rings is 1. The molecular weight excluding hydrogens is 396 g/mol. The van der Waals surface area contributed by atoms with Gasteiger partial charge in [-0.1, -0.05) is 12.1 Å². The van der Waals surface area contributed by atoms with E-state index in [1.165, 1.54) is 11.3 Å². The highest BCUT2D eigenvalue weighted by molar-refractivity contribution is 7.20. The van der Waals surface area contributed by atoms with E-state index in [1.807, 2.05) is 61.1 Å². The van der Waals surface area contributed by atoms with Crippen molar-refractivity contribution in [3.8, 4) is 6.07 Å². The number of ether oxygens (including phenoxy) is 1. The molecule has 0 saturated carbocycles. The molecule has 0 amide bonds. The van der Waals surface area contributed by atoms with Crippen LogP contribution < -0.4 is 5.32 Å². The molecule has 0 aliphatic heterocycles. The normalized spacial score (nSPS) is 10.7. The molecule has 0 bridgehead atoms. The van der Waals surface area contributed by atoms with Crippen LogP contribution in [0.15, 0.2) is 61.1 Å². The molecule has 0 spiro atoms. The second-order valence-electron chi connectivity index (χ2n) is 6.76. The van der Waals surface area contributed by atoms with Crippen LogP contribution >= 0.6 is 11.3 Å². The second-order valence-corrected chi connectivity index (χ2v) is 7.84. The standard InChI is InChI=1S/C23H20N4O2S/c1-2-29-23(28)22-10-18-9-19(7-8-21(18)30-22)26-13-20-12-25-15-27(20)14-17-5-3-16(11-24)4-6-17/h3-10,12,15,26H,2,13-14H2,1H3. The van der Waals surface area contributed by atoms with Crippen molar-refractivity contribution in [3.05, 3.63) is 82.8 Å². The number of carbonyl (C=O) groups is 1. The van der Waals surface area contributed by atoms with Crippen molar-refractivity contribution >= 4 is 33.1 Å². The largest absolute Gasteiger partial charge is 0.462 e. The quantitative estimate of drug-likeness (QED) is 0.438. The van der Waals surface area contributed by atoms with E-state index in [0.717, 1.165) is 27.0 Å². The number of esters is 1. The van der Waals surface area contributed by atoms with E-state index in [4.69, 9.17) is 10.00 Å². The minimum Gasteiger partial charge on any atom is -0.462 e. The SMILES string of the molecule is CCOC(=O)c1cc2cc(NCc3cncn3Cc3ccc(C#N)cc3)ccc2s1. The van der Waals surface area contributed by atoms with Gasteiger partial charge >= 0.3 is 5.97 Å². The van der Waals surface area contributed by atoms with Crippen LogP contribution in [-0.2, 0) is 17.8 Å². The summed E-state index contributed by atoms with van der Waals surface area (Å²) in [6.07, 6.45) is 3.65. The van der Waals surface area contributed by atoms with E-state index in [2.05, 4.69) is 20.9 Å². The first-order valence-electron chi connectivity index (χ1n) is 9.59. The van der Waals surface area contributed by atoms with E-state index in [-0.39, 0.29) is 5.97 Å². The van der Waals surface area contributed by atoms with Gasteiger partial charge in [0.25, 0.3) is 0 Å². The molecule has 2 aromatic heterocycles. The Kier molecular flexibility index (Phi) is 5.77.